The van der Waals surface area contributed by atoms with E-state index in [2.05, 4.69) is 25.2 Å². The standard InChI is InChI=1S/C20H33NO2/c1-13-11-14(2)19(17(5)22)16(4)18(13)12-21-15(3)9-8-10-20(6,7)23/h11,15,21,23H,8-10,12H2,1-7H3. The Bertz CT molecular complexity index is 556. The van der Waals surface area contributed by atoms with Crippen molar-refractivity contribution in [3.8, 4) is 0 Å². The smallest absolute Gasteiger partial charge is 0.160 e. The zero-order valence-electron chi connectivity index (χ0n) is 15.8. The van der Waals surface area contributed by atoms with E-state index >= 15 is 0 Å². The van der Waals surface area contributed by atoms with Crippen LogP contribution >= 0.6 is 0 Å². The Balaban J connectivity index is 2.71. The molecule has 0 saturated carbocycles. The summed E-state index contributed by atoms with van der Waals surface area (Å²) in [6.07, 6.45) is 2.85. The van der Waals surface area contributed by atoms with Crippen molar-refractivity contribution in [1.82, 2.24) is 5.32 Å². The van der Waals surface area contributed by atoms with Crippen LogP contribution in [0.25, 0.3) is 0 Å². The summed E-state index contributed by atoms with van der Waals surface area (Å²) in [4.78, 5) is 11.9. The number of ketones is 1. The number of benzene rings is 1. The molecule has 0 spiro atoms. The minimum Gasteiger partial charge on any atom is -0.390 e. The molecule has 0 saturated heterocycles. The fourth-order valence-corrected chi connectivity index (χ4v) is 3.26. The third-order valence-corrected chi connectivity index (χ3v) is 4.54. The Labute approximate surface area is 141 Å². The van der Waals surface area contributed by atoms with Crippen molar-refractivity contribution in [1.29, 1.82) is 0 Å². The molecular formula is C20H33NO2. The fourth-order valence-electron chi connectivity index (χ4n) is 3.26. The van der Waals surface area contributed by atoms with Gasteiger partial charge in [0.05, 0.1) is 5.60 Å². The third-order valence-electron chi connectivity index (χ3n) is 4.54. The van der Waals surface area contributed by atoms with Crippen LogP contribution in [-0.4, -0.2) is 22.5 Å². The molecule has 0 heterocycles. The van der Waals surface area contributed by atoms with Crippen molar-refractivity contribution in [2.75, 3.05) is 0 Å². The van der Waals surface area contributed by atoms with Gasteiger partial charge in [0.25, 0.3) is 0 Å². The summed E-state index contributed by atoms with van der Waals surface area (Å²) in [5, 5.41) is 13.3. The van der Waals surface area contributed by atoms with Crippen LogP contribution in [-0.2, 0) is 6.54 Å². The van der Waals surface area contributed by atoms with E-state index in [1.165, 1.54) is 11.1 Å². The van der Waals surface area contributed by atoms with Crippen LogP contribution in [0.5, 0.6) is 0 Å². The molecule has 0 aliphatic heterocycles. The molecule has 130 valence electrons. The molecule has 1 rings (SSSR count). The Morgan fingerprint density at radius 2 is 1.87 bits per heavy atom. The zero-order chi connectivity index (χ0) is 17.8. The molecule has 0 aliphatic carbocycles. The number of nitrogens with one attached hydrogen (secondary N) is 1. The molecule has 3 heteroatoms. The second-order valence-electron chi connectivity index (χ2n) is 7.53. The number of rotatable bonds is 8. The summed E-state index contributed by atoms with van der Waals surface area (Å²) < 4.78 is 0. The van der Waals surface area contributed by atoms with E-state index in [4.69, 9.17) is 0 Å². The minimum absolute atomic E-state index is 0.138. The second kappa shape index (κ2) is 8.07. The largest absolute Gasteiger partial charge is 0.390 e. The van der Waals surface area contributed by atoms with Crippen molar-refractivity contribution < 1.29 is 9.90 Å². The SMILES string of the molecule is CC(=O)c1c(C)cc(C)c(CNC(C)CCCC(C)(C)O)c1C. The monoisotopic (exact) mass is 319 g/mol. The number of Topliss-reactive ketones (excluding diaryl/α,β-unsaturated/α-hetero) is 1. The van der Waals surface area contributed by atoms with Gasteiger partial charge in [-0.25, -0.2) is 0 Å². The van der Waals surface area contributed by atoms with E-state index < -0.39 is 5.60 Å². The van der Waals surface area contributed by atoms with Crippen LogP contribution in [0.2, 0.25) is 0 Å². The summed E-state index contributed by atoms with van der Waals surface area (Å²) in [6, 6.07) is 2.50. The van der Waals surface area contributed by atoms with Gasteiger partial charge < -0.3 is 10.4 Å². The summed E-state index contributed by atoms with van der Waals surface area (Å²) in [5.74, 6) is 0.138. The Morgan fingerprint density at radius 3 is 2.39 bits per heavy atom. The van der Waals surface area contributed by atoms with Crippen molar-refractivity contribution in [2.24, 2.45) is 0 Å². The van der Waals surface area contributed by atoms with Gasteiger partial charge in [-0.15, -0.1) is 0 Å². The van der Waals surface area contributed by atoms with Gasteiger partial charge in [0.1, 0.15) is 0 Å². The molecule has 0 aliphatic rings. The molecule has 2 N–H and O–H groups in total. The quantitative estimate of drug-likeness (QED) is 0.705. The molecule has 1 aromatic carbocycles. The van der Waals surface area contributed by atoms with Gasteiger partial charge in [0.2, 0.25) is 0 Å². The lowest BCUT2D eigenvalue weighted by Crippen LogP contribution is -2.27. The number of carbonyl (C=O) groups is 1. The van der Waals surface area contributed by atoms with E-state index in [0.717, 1.165) is 42.5 Å². The normalized spacial score (nSPS) is 13.2. The van der Waals surface area contributed by atoms with Crippen LogP contribution in [0, 0.1) is 20.8 Å². The first-order valence-corrected chi connectivity index (χ1v) is 8.59. The van der Waals surface area contributed by atoms with E-state index in [9.17, 15) is 9.90 Å². The van der Waals surface area contributed by atoms with Crippen molar-refractivity contribution in [2.45, 2.75) is 85.9 Å². The highest BCUT2D eigenvalue weighted by atomic mass is 16.3. The topological polar surface area (TPSA) is 49.3 Å². The fraction of sp³-hybridized carbons (Fsp3) is 0.650. The van der Waals surface area contributed by atoms with E-state index in [1.54, 1.807) is 6.92 Å². The van der Waals surface area contributed by atoms with Gasteiger partial charge in [-0.2, -0.15) is 0 Å². The van der Waals surface area contributed by atoms with E-state index in [1.807, 2.05) is 27.7 Å². The first-order valence-electron chi connectivity index (χ1n) is 8.59. The summed E-state index contributed by atoms with van der Waals surface area (Å²) in [7, 11) is 0. The molecule has 1 aromatic rings. The average Bonchev–Trinajstić information content (AvgIpc) is 2.35. The lowest BCUT2D eigenvalue weighted by molar-refractivity contribution is 0.0675. The highest BCUT2D eigenvalue weighted by Gasteiger charge is 2.15. The third kappa shape index (κ3) is 6.08. The van der Waals surface area contributed by atoms with Crippen LogP contribution < -0.4 is 5.32 Å². The molecule has 0 fully saturated rings. The number of hydrogen-bond donors (Lipinski definition) is 2. The summed E-state index contributed by atoms with van der Waals surface area (Å²) >= 11 is 0. The van der Waals surface area contributed by atoms with E-state index in [0.29, 0.717) is 6.04 Å². The first kappa shape index (κ1) is 19.9. The van der Waals surface area contributed by atoms with Crippen molar-refractivity contribution in [3.05, 3.63) is 33.9 Å². The zero-order valence-corrected chi connectivity index (χ0v) is 15.8. The lowest BCUT2D eigenvalue weighted by atomic mass is 9.91. The van der Waals surface area contributed by atoms with Crippen LogP contribution in [0.3, 0.4) is 0 Å². The molecule has 0 amide bonds. The Kier molecular flexibility index (Phi) is 6.97. The number of hydrogen-bond acceptors (Lipinski definition) is 3. The van der Waals surface area contributed by atoms with Gasteiger partial charge in [-0.05, 0) is 90.0 Å². The molecule has 0 radical (unpaired) electrons. The molecule has 0 bridgehead atoms. The van der Waals surface area contributed by atoms with Gasteiger partial charge >= 0.3 is 0 Å². The van der Waals surface area contributed by atoms with Gasteiger partial charge in [0.15, 0.2) is 5.78 Å². The Morgan fingerprint density at radius 1 is 1.26 bits per heavy atom. The number of carbonyl (C=O) groups excluding carboxylic acids is 1. The summed E-state index contributed by atoms with van der Waals surface area (Å²) in [5.41, 5.74) is 4.92. The maximum Gasteiger partial charge on any atom is 0.160 e. The maximum atomic E-state index is 11.9. The van der Waals surface area contributed by atoms with Gasteiger partial charge in [0, 0.05) is 18.2 Å². The van der Waals surface area contributed by atoms with Crippen LogP contribution in [0.4, 0.5) is 0 Å². The van der Waals surface area contributed by atoms with Crippen LogP contribution in [0.15, 0.2) is 6.07 Å². The molecule has 23 heavy (non-hydrogen) atoms. The minimum atomic E-state index is -0.583. The predicted molar refractivity (Wildman–Crippen MR) is 97.1 cm³/mol. The lowest BCUT2D eigenvalue weighted by Gasteiger charge is -2.21. The highest BCUT2D eigenvalue weighted by Crippen LogP contribution is 2.23. The predicted octanol–water partition coefficient (Wildman–Crippen LogP) is 4.23. The number of aryl methyl sites for hydroxylation is 2. The van der Waals surface area contributed by atoms with Gasteiger partial charge in [-0.3, -0.25) is 4.79 Å². The highest BCUT2D eigenvalue weighted by molar-refractivity contribution is 5.97. The maximum absolute atomic E-state index is 11.9. The van der Waals surface area contributed by atoms with E-state index in [-0.39, 0.29) is 5.78 Å². The average molecular weight is 319 g/mol. The van der Waals surface area contributed by atoms with Gasteiger partial charge in [-0.1, -0.05) is 6.07 Å². The molecule has 1 unspecified atom stereocenters. The van der Waals surface area contributed by atoms with Crippen molar-refractivity contribution in [3.63, 3.8) is 0 Å². The number of aliphatic hydroxyl groups is 1. The van der Waals surface area contributed by atoms with Crippen molar-refractivity contribution >= 4 is 5.78 Å². The second-order valence-corrected chi connectivity index (χ2v) is 7.53. The first-order chi connectivity index (χ1) is 10.5. The molecule has 1 atom stereocenters. The molecular weight excluding hydrogens is 286 g/mol. The molecule has 3 nitrogen and oxygen atoms in total. The van der Waals surface area contributed by atoms with Crippen LogP contribution in [0.1, 0.15) is 79.6 Å². The summed E-state index contributed by atoms with van der Waals surface area (Å²) in [6.45, 7) is 14.5. The molecule has 0 aromatic heterocycles. The Hall–Kier alpha value is -1.19.